The highest BCUT2D eigenvalue weighted by Crippen LogP contribution is 2.22. The Morgan fingerprint density at radius 1 is 1.53 bits per heavy atom. The molecule has 0 saturated heterocycles. The van der Waals surface area contributed by atoms with Crippen molar-refractivity contribution < 1.29 is 9.72 Å². The van der Waals surface area contributed by atoms with E-state index in [1.54, 1.807) is 0 Å². The van der Waals surface area contributed by atoms with E-state index in [-0.39, 0.29) is 23.3 Å². The highest BCUT2D eigenvalue weighted by Gasteiger charge is 2.22. The van der Waals surface area contributed by atoms with Gasteiger partial charge in [0.25, 0.3) is 5.91 Å². The number of nitrogens with one attached hydrogen (secondary N) is 1. The van der Waals surface area contributed by atoms with Crippen LogP contribution in [0.4, 0.5) is 5.00 Å². The van der Waals surface area contributed by atoms with Gasteiger partial charge in [-0.3, -0.25) is 14.9 Å². The first-order chi connectivity index (χ1) is 8.41. The number of nitrogens with zero attached hydrogens (tertiary/aromatic N) is 1. The van der Waals surface area contributed by atoms with Gasteiger partial charge in [-0.05, 0) is 12.8 Å². The molecule has 1 amide bonds. The van der Waals surface area contributed by atoms with E-state index in [0.29, 0.717) is 12.1 Å². The number of hydrogen-bond acceptors (Lipinski definition) is 5. The van der Waals surface area contributed by atoms with Gasteiger partial charge in [-0.15, -0.1) is 12.4 Å². The average molecular weight is 308 g/mol. The van der Waals surface area contributed by atoms with Crippen molar-refractivity contribution in [1.29, 1.82) is 0 Å². The molecule has 0 aliphatic heterocycles. The molecule has 19 heavy (non-hydrogen) atoms. The Balaban J connectivity index is 0.00000324. The molecule has 0 radical (unpaired) electrons. The van der Waals surface area contributed by atoms with Crippen molar-refractivity contribution in [2.75, 3.05) is 6.54 Å². The molecule has 0 unspecified atom stereocenters. The minimum Gasteiger partial charge on any atom is -0.350 e. The van der Waals surface area contributed by atoms with Crippen LogP contribution in [0.5, 0.6) is 0 Å². The van der Waals surface area contributed by atoms with Gasteiger partial charge >= 0.3 is 5.00 Å². The van der Waals surface area contributed by atoms with Crippen molar-refractivity contribution in [2.45, 2.75) is 32.2 Å². The smallest absolute Gasteiger partial charge is 0.324 e. The molecule has 3 N–H and O–H groups in total. The van der Waals surface area contributed by atoms with Gasteiger partial charge in [0.15, 0.2) is 0 Å². The molecule has 6 nitrogen and oxygen atoms in total. The van der Waals surface area contributed by atoms with E-state index < -0.39 is 10.5 Å². The Bertz CT molecular complexity index is 446. The summed E-state index contributed by atoms with van der Waals surface area (Å²) >= 11 is 0.940. The zero-order valence-electron chi connectivity index (χ0n) is 10.8. The molecule has 0 saturated carbocycles. The molecule has 0 fully saturated rings. The average Bonchev–Trinajstić information content (AvgIpc) is 2.85. The fourth-order valence-corrected chi connectivity index (χ4v) is 2.10. The van der Waals surface area contributed by atoms with Gasteiger partial charge in [-0.2, -0.15) is 0 Å². The Kier molecular flexibility index (Phi) is 6.96. The molecule has 0 aromatic carbocycles. The number of rotatable bonds is 6. The lowest BCUT2D eigenvalue weighted by molar-refractivity contribution is -0.380. The third-order valence-electron chi connectivity index (χ3n) is 3.04. The van der Waals surface area contributed by atoms with Crippen LogP contribution in [0.15, 0.2) is 11.4 Å². The third kappa shape index (κ3) is 4.77. The van der Waals surface area contributed by atoms with Crippen molar-refractivity contribution in [3.05, 3.63) is 27.1 Å². The molecule has 0 aliphatic carbocycles. The third-order valence-corrected chi connectivity index (χ3v) is 3.92. The van der Waals surface area contributed by atoms with Crippen LogP contribution in [0.3, 0.4) is 0 Å². The summed E-state index contributed by atoms with van der Waals surface area (Å²) in [6, 6.07) is 1.27. The highest BCUT2D eigenvalue weighted by atomic mass is 35.5. The molecule has 1 heterocycles. The van der Waals surface area contributed by atoms with Gasteiger partial charge in [0.05, 0.1) is 10.5 Å². The fourth-order valence-electron chi connectivity index (χ4n) is 1.40. The second kappa shape index (κ2) is 7.42. The lowest BCUT2D eigenvalue weighted by Gasteiger charge is -2.26. The first-order valence-corrected chi connectivity index (χ1v) is 6.60. The molecule has 0 spiro atoms. The van der Waals surface area contributed by atoms with Crippen molar-refractivity contribution in [3.63, 3.8) is 0 Å². The van der Waals surface area contributed by atoms with Gasteiger partial charge in [-0.25, -0.2) is 0 Å². The highest BCUT2D eigenvalue weighted by molar-refractivity contribution is 7.13. The van der Waals surface area contributed by atoms with Crippen molar-refractivity contribution in [3.8, 4) is 0 Å². The van der Waals surface area contributed by atoms with Crippen LogP contribution < -0.4 is 11.1 Å². The van der Waals surface area contributed by atoms with Crippen LogP contribution in [0.25, 0.3) is 0 Å². The van der Waals surface area contributed by atoms with Crippen molar-refractivity contribution in [1.82, 2.24) is 5.32 Å². The first-order valence-electron chi connectivity index (χ1n) is 5.72. The molecule has 8 heteroatoms. The molecule has 0 aliphatic rings. The minimum absolute atomic E-state index is 0. The maximum Gasteiger partial charge on any atom is 0.324 e. The number of amides is 1. The lowest BCUT2D eigenvalue weighted by Crippen LogP contribution is -2.49. The fraction of sp³-hybridized carbons (Fsp3) is 0.545. The second-order valence-electron chi connectivity index (χ2n) is 4.18. The monoisotopic (exact) mass is 307 g/mol. The van der Waals surface area contributed by atoms with E-state index in [0.717, 1.165) is 24.2 Å². The molecule has 0 atom stereocenters. The quantitative estimate of drug-likeness (QED) is 0.622. The van der Waals surface area contributed by atoms with E-state index in [2.05, 4.69) is 5.32 Å². The predicted octanol–water partition coefficient (Wildman–Crippen LogP) is 2.33. The second-order valence-corrected chi connectivity index (χ2v) is 5.07. The number of nitro groups is 1. The van der Waals surface area contributed by atoms with Crippen LogP contribution in [-0.4, -0.2) is 22.9 Å². The van der Waals surface area contributed by atoms with Crippen LogP contribution in [0, 0.1) is 10.1 Å². The summed E-state index contributed by atoms with van der Waals surface area (Å²) in [6.07, 6.45) is 1.52. The number of carbonyl (C=O) groups is 1. The summed E-state index contributed by atoms with van der Waals surface area (Å²) in [5.74, 6) is -0.323. The molecule has 108 valence electrons. The molecule has 1 aromatic heterocycles. The summed E-state index contributed by atoms with van der Waals surface area (Å²) in [7, 11) is 0. The zero-order valence-corrected chi connectivity index (χ0v) is 12.5. The van der Waals surface area contributed by atoms with E-state index >= 15 is 0 Å². The van der Waals surface area contributed by atoms with Crippen LogP contribution >= 0.6 is 23.7 Å². The van der Waals surface area contributed by atoms with Gasteiger partial charge in [-0.1, -0.05) is 25.2 Å². The Morgan fingerprint density at radius 2 is 2.11 bits per heavy atom. The Morgan fingerprint density at radius 3 is 2.53 bits per heavy atom. The van der Waals surface area contributed by atoms with Gasteiger partial charge in [0.1, 0.15) is 0 Å². The largest absolute Gasteiger partial charge is 0.350 e. The number of thiophene rings is 1. The zero-order chi connectivity index (χ0) is 13.8. The van der Waals surface area contributed by atoms with E-state index in [1.807, 2.05) is 13.8 Å². The standard InChI is InChI=1S/C11H17N3O3S.ClH/c1-3-11(12,4-2)7-13-10(15)8-5-9(14(16)17)18-6-8;/h5-6H,3-4,7,12H2,1-2H3,(H,13,15);1H. The van der Waals surface area contributed by atoms with Gasteiger partial charge in [0, 0.05) is 23.5 Å². The minimum atomic E-state index is -0.507. The van der Waals surface area contributed by atoms with Crippen LogP contribution in [0.1, 0.15) is 37.0 Å². The number of nitrogens with two attached hydrogens (primary N) is 1. The summed E-state index contributed by atoms with van der Waals surface area (Å²) in [5.41, 5.74) is 5.94. The topological polar surface area (TPSA) is 98.3 Å². The van der Waals surface area contributed by atoms with E-state index in [1.165, 1.54) is 11.4 Å². The molecule has 1 aromatic rings. The van der Waals surface area contributed by atoms with Gasteiger partial charge < -0.3 is 11.1 Å². The molecule has 1 rings (SSSR count). The SMILES string of the molecule is CCC(N)(CC)CNC(=O)c1csc([N+](=O)[O-])c1.Cl. The molecular weight excluding hydrogens is 290 g/mol. The van der Waals surface area contributed by atoms with E-state index in [4.69, 9.17) is 5.73 Å². The van der Waals surface area contributed by atoms with Crippen molar-refractivity contribution >= 4 is 34.7 Å². The van der Waals surface area contributed by atoms with Gasteiger partial charge in [0.2, 0.25) is 0 Å². The lowest BCUT2D eigenvalue weighted by atomic mass is 9.94. The number of halogens is 1. The summed E-state index contributed by atoms with van der Waals surface area (Å²) < 4.78 is 0. The predicted molar refractivity (Wildman–Crippen MR) is 78.1 cm³/mol. The van der Waals surface area contributed by atoms with Crippen LogP contribution in [0.2, 0.25) is 0 Å². The van der Waals surface area contributed by atoms with Crippen molar-refractivity contribution in [2.24, 2.45) is 5.73 Å². The summed E-state index contributed by atoms with van der Waals surface area (Å²) in [4.78, 5) is 21.8. The van der Waals surface area contributed by atoms with E-state index in [9.17, 15) is 14.9 Å². The molecule has 0 bridgehead atoms. The Labute approximate surface area is 121 Å². The maximum absolute atomic E-state index is 11.8. The summed E-state index contributed by atoms with van der Waals surface area (Å²) in [5, 5.41) is 14.7. The Hall–Kier alpha value is -1.18. The normalized spacial score (nSPS) is 10.7. The maximum atomic E-state index is 11.8. The molecular formula is C11H18ClN3O3S. The number of hydrogen-bond donors (Lipinski definition) is 2. The number of carbonyl (C=O) groups excluding carboxylic acids is 1. The summed E-state index contributed by atoms with van der Waals surface area (Å²) in [6.45, 7) is 4.29. The first kappa shape index (κ1) is 17.8. The van der Waals surface area contributed by atoms with Crippen LogP contribution in [-0.2, 0) is 0 Å².